The van der Waals surface area contributed by atoms with E-state index in [1.54, 1.807) is 26.8 Å². The lowest BCUT2D eigenvalue weighted by atomic mass is 9.51. The summed E-state index contributed by atoms with van der Waals surface area (Å²) in [6, 6.07) is 2.61. The monoisotopic (exact) mass is 426 g/mol. The Morgan fingerprint density at radius 3 is 2.30 bits per heavy atom. The van der Waals surface area contributed by atoms with E-state index in [0.717, 1.165) is 10.5 Å². The van der Waals surface area contributed by atoms with Crippen molar-refractivity contribution >= 4 is 17.5 Å². The molecule has 0 spiro atoms. The minimum atomic E-state index is -4.92. The Kier molecular flexibility index (Phi) is 4.95. The van der Waals surface area contributed by atoms with Gasteiger partial charge in [-0.2, -0.15) is 13.2 Å². The molecule has 2 N–H and O–H groups in total. The number of alkyl halides is 3. The van der Waals surface area contributed by atoms with Crippen molar-refractivity contribution in [1.82, 2.24) is 4.90 Å². The van der Waals surface area contributed by atoms with E-state index >= 15 is 0 Å². The number of nitrogens with zero attached hydrogens (tertiary/aromatic N) is 1. The van der Waals surface area contributed by atoms with E-state index in [4.69, 9.17) is 0 Å². The molecule has 1 saturated heterocycles. The number of fused-ring (bicyclic) bond motifs is 4. The van der Waals surface area contributed by atoms with Crippen molar-refractivity contribution in [2.75, 3.05) is 11.9 Å². The number of amides is 2. The zero-order valence-electron chi connectivity index (χ0n) is 18.2. The van der Waals surface area contributed by atoms with Crippen LogP contribution < -0.4 is 5.32 Å². The van der Waals surface area contributed by atoms with Gasteiger partial charge in [-0.15, -0.1) is 0 Å². The predicted octanol–water partition coefficient (Wildman–Crippen LogP) is 4.38. The van der Waals surface area contributed by atoms with Crippen LogP contribution in [0.15, 0.2) is 12.1 Å². The van der Waals surface area contributed by atoms with Gasteiger partial charge in [-0.25, -0.2) is 0 Å². The van der Waals surface area contributed by atoms with Gasteiger partial charge in [0.25, 0.3) is 0 Å². The molecule has 1 fully saturated rings. The highest BCUT2D eigenvalue weighted by Gasteiger charge is 2.59. The number of nitrogens with one attached hydrogen (secondary N) is 1. The number of likely N-dealkylation sites (tertiary alicyclic amines) is 1. The zero-order valence-corrected chi connectivity index (χ0v) is 18.2. The number of halogens is 3. The number of carbonyl (C=O) groups is 2. The molecule has 1 aromatic rings. The van der Waals surface area contributed by atoms with Crippen LogP contribution >= 0.6 is 0 Å². The second kappa shape index (κ2) is 6.62. The normalized spacial score (nSPS) is 25.5. The number of piperidine rings is 1. The van der Waals surface area contributed by atoms with E-state index in [2.05, 4.69) is 5.32 Å². The van der Waals surface area contributed by atoms with Gasteiger partial charge < -0.3 is 15.3 Å². The summed E-state index contributed by atoms with van der Waals surface area (Å²) in [5.41, 5.74) is 0.0692. The molecule has 2 atom stereocenters. The van der Waals surface area contributed by atoms with Crippen molar-refractivity contribution in [2.24, 2.45) is 10.8 Å². The average Bonchev–Trinajstić information content (AvgIpc) is 2.57. The van der Waals surface area contributed by atoms with Crippen molar-refractivity contribution in [1.29, 1.82) is 0 Å². The van der Waals surface area contributed by atoms with E-state index in [9.17, 15) is 27.9 Å². The Morgan fingerprint density at radius 1 is 1.17 bits per heavy atom. The molecular formula is C22H29F3N2O3. The van der Waals surface area contributed by atoms with Gasteiger partial charge in [0.1, 0.15) is 5.75 Å². The first-order chi connectivity index (χ1) is 13.5. The third-order valence-corrected chi connectivity index (χ3v) is 7.15. The van der Waals surface area contributed by atoms with Crippen LogP contribution in [-0.2, 0) is 21.4 Å². The largest absolute Gasteiger partial charge is 0.506 e. The Bertz CT molecular complexity index is 902. The summed E-state index contributed by atoms with van der Waals surface area (Å²) in [4.78, 5) is 25.4. The van der Waals surface area contributed by atoms with Crippen LogP contribution in [0.4, 0.5) is 18.9 Å². The van der Waals surface area contributed by atoms with Crippen molar-refractivity contribution in [3.8, 4) is 5.75 Å². The molecule has 30 heavy (non-hydrogen) atoms. The number of phenols is 1. The zero-order chi connectivity index (χ0) is 22.9. The summed E-state index contributed by atoms with van der Waals surface area (Å²) in [6.45, 7) is 11.1. The number of hydrogen-bond acceptors (Lipinski definition) is 3. The van der Waals surface area contributed by atoms with Crippen molar-refractivity contribution in [3.63, 3.8) is 0 Å². The molecule has 2 aliphatic rings. The molecule has 2 amide bonds. The van der Waals surface area contributed by atoms with Gasteiger partial charge in [-0.1, -0.05) is 41.5 Å². The minimum absolute atomic E-state index is 0.00688. The van der Waals surface area contributed by atoms with Gasteiger partial charge in [0.2, 0.25) is 5.91 Å². The number of anilines is 1. The summed E-state index contributed by atoms with van der Waals surface area (Å²) in [5, 5.41) is 13.3. The highest BCUT2D eigenvalue weighted by molar-refractivity contribution is 5.96. The van der Waals surface area contributed by atoms with Crippen molar-refractivity contribution in [2.45, 2.75) is 72.0 Å². The summed E-state index contributed by atoms with van der Waals surface area (Å²) in [6.07, 6.45) is -4.36. The van der Waals surface area contributed by atoms with Crippen LogP contribution in [-0.4, -0.2) is 40.6 Å². The van der Waals surface area contributed by atoms with Crippen molar-refractivity contribution in [3.05, 3.63) is 23.3 Å². The van der Waals surface area contributed by atoms with Crippen LogP contribution in [0, 0.1) is 10.8 Å². The van der Waals surface area contributed by atoms with Gasteiger partial charge in [0.15, 0.2) is 0 Å². The third kappa shape index (κ3) is 3.34. The van der Waals surface area contributed by atoms with E-state index in [0.29, 0.717) is 12.0 Å². The van der Waals surface area contributed by atoms with Gasteiger partial charge in [0.05, 0.1) is 5.69 Å². The Balaban J connectivity index is 2.07. The maximum absolute atomic E-state index is 13.2. The molecule has 166 valence electrons. The minimum Gasteiger partial charge on any atom is -0.506 e. The number of carbonyl (C=O) groups excluding carboxylic acids is 2. The standard InChI is InChI=1S/C22H29F3N2O3/c1-19(2,3)17(29)26-14-11-13-12(9-15(14)28)10-16-20(4,5)21(13,6)7-8-27(16)18(30)22(23,24)25/h9,11,16,28H,7-8,10H2,1-6H3,(H,26,29). The first kappa shape index (κ1) is 22.4. The highest BCUT2D eigenvalue weighted by atomic mass is 19.4. The number of hydrogen-bond donors (Lipinski definition) is 2. The van der Waals surface area contributed by atoms with Crippen molar-refractivity contribution < 1.29 is 27.9 Å². The SMILES string of the molecule is CC(C)(C)C(=O)Nc1cc2c(cc1O)CC1N(C(=O)C(F)(F)F)CCC2(C)C1(C)C. The van der Waals surface area contributed by atoms with E-state index in [-0.39, 0.29) is 30.3 Å². The van der Waals surface area contributed by atoms with Gasteiger partial charge >= 0.3 is 12.1 Å². The second-order valence-corrected chi connectivity index (χ2v) is 10.3. The Morgan fingerprint density at radius 2 is 1.77 bits per heavy atom. The lowest BCUT2D eigenvalue weighted by Crippen LogP contribution is -2.66. The highest BCUT2D eigenvalue weighted by Crippen LogP contribution is 2.57. The molecule has 2 bridgehead atoms. The predicted molar refractivity (Wildman–Crippen MR) is 107 cm³/mol. The molecule has 1 aromatic carbocycles. The first-order valence-corrected chi connectivity index (χ1v) is 10.1. The second-order valence-electron chi connectivity index (χ2n) is 10.3. The van der Waals surface area contributed by atoms with Crippen LogP contribution in [0.3, 0.4) is 0 Å². The fourth-order valence-electron chi connectivity index (χ4n) is 4.76. The molecular weight excluding hydrogens is 397 g/mol. The quantitative estimate of drug-likeness (QED) is 0.655. The number of aromatic hydroxyl groups is 1. The molecule has 2 unspecified atom stereocenters. The summed E-state index contributed by atoms with van der Waals surface area (Å²) < 4.78 is 39.5. The molecule has 8 heteroatoms. The summed E-state index contributed by atoms with van der Waals surface area (Å²) in [7, 11) is 0. The molecule has 5 nitrogen and oxygen atoms in total. The van der Waals surface area contributed by atoms with Gasteiger partial charge in [0, 0.05) is 23.4 Å². The Labute approximate surface area is 174 Å². The number of phenolic OH excluding ortho intramolecular Hbond substituents is 1. The molecule has 0 saturated carbocycles. The van der Waals surface area contributed by atoms with Crippen LogP contribution in [0.2, 0.25) is 0 Å². The Hall–Kier alpha value is -2.25. The van der Waals surface area contributed by atoms with Crippen LogP contribution in [0.1, 0.15) is 59.1 Å². The lowest BCUT2D eigenvalue weighted by Gasteiger charge is -2.60. The van der Waals surface area contributed by atoms with E-state index < -0.39 is 34.4 Å². The maximum atomic E-state index is 13.2. The summed E-state index contributed by atoms with van der Waals surface area (Å²) in [5.74, 6) is -2.20. The molecule has 3 rings (SSSR count). The average molecular weight is 426 g/mol. The fraction of sp³-hybridized carbons (Fsp3) is 0.636. The molecule has 0 radical (unpaired) electrons. The van der Waals surface area contributed by atoms with E-state index in [1.165, 1.54) is 6.07 Å². The van der Waals surface area contributed by atoms with Gasteiger partial charge in [-0.05, 0) is 41.5 Å². The lowest BCUT2D eigenvalue weighted by molar-refractivity contribution is -0.195. The fourth-order valence-corrected chi connectivity index (χ4v) is 4.76. The molecule has 1 heterocycles. The smallest absolute Gasteiger partial charge is 0.471 e. The molecule has 1 aliphatic heterocycles. The van der Waals surface area contributed by atoms with Crippen LogP contribution in [0.25, 0.3) is 0 Å². The molecule has 0 aromatic heterocycles. The van der Waals surface area contributed by atoms with Crippen LogP contribution in [0.5, 0.6) is 5.75 Å². The van der Waals surface area contributed by atoms with E-state index in [1.807, 2.05) is 20.8 Å². The number of rotatable bonds is 1. The first-order valence-electron chi connectivity index (χ1n) is 10.1. The summed E-state index contributed by atoms with van der Waals surface area (Å²) >= 11 is 0. The topological polar surface area (TPSA) is 69.6 Å². The molecule has 1 aliphatic carbocycles. The third-order valence-electron chi connectivity index (χ3n) is 7.15. The van der Waals surface area contributed by atoms with Gasteiger partial charge in [-0.3, -0.25) is 9.59 Å². The number of benzene rings is 1. The maximum Gasteiger partial charge on any atom is 0.471 e.